The van der Waals surface area contributed by atoms with Crippen LogP contribution in [0.15, 0.2) is 0 Å². The fourth-order valence-corrected chi connectivity index (χ4v) is 4.20. The topological polar surface area (TPSA) is 29.1 Å². The van der Waals surface area contributed by atoms with E-state index in [1.54, 1.807) is 11.8 Å². The Morgan fingerprint density at radius 3 is 2.71 bits per heavy atom. The largest absolute Gasteiger partial charge is 0.355 e. The van der Waals surface area contributed by atoms with Crippen LogP contribution < -0.4 is 5.32 Å². The minimum Gasteiger partial charge on any atom is -0.355 e. The zero-order valence-corrected chi connectivity index (χ0v) is 14.2. The van der Waals surface area contributed by atoms with Crippen molar-refractivity contribution in [3.05, 3.63) is 0 Å². The van der Waals surface area contributed by atoms with Crippen molar-refractivity contribution in [3.8, 4) is 0 Å². The lowest BCUT2D eigenvalue weighted by Crippen LogP contribution is -2.27. The first kappa shape index (κ1) is 15.1. The van der Waals surface area contributed by atoms with E-state index in [0.717, 1.165) is 12.3 Å². The van der Waals surface area contributed by atoms with Crippen LogP contribution in [-0.2, 0) is 4.79 Å². The molecular formula is C13H27NOSSi. The van der Waals surface area contributed by atoms with Crippen LogP contribution in [-0.4, -0.2) is 34.2 Å². The van der Waals surface area contributed by atoms with Crippen molar-refractivity contribution in [2.75, 3.05) is 18.1 Å². The van der Waals surface area contributed by atoms with Gasteiger partial charge in [0.1, 0.15) is 0 Å². The van der Waals surface area contributed by atoms with Gasteiger partial charge in [0.2, 0.25) is 5.91 Å². The van der Waals surface area contributed by atoms with Crippen molar-refractivity contribution in [2.24, 2.45) is 0 Å². The summed E-state index contributed by atoms with van der Waals surface area (Å²) in [5.41, 5.74) is 0. The summed E-state index contributed by atoms with van der Waals surface area (Å²) < 4.78 is 0. The minimum atomic E-state index is 0.211. The Balaban J connectivity index is 2.04. The third-order valence-electron chi connectivity index (χ3n) is 3.78. The van der Waals surface area contributed by atoms with Gasteiger partial charge in [-0.1, -0.05) is 39.0 Å². The molecule has 1 aliphatic carbocycles. The first-order chi connectivity index (χ1) is 8.16. The van der Waals surface area contributed by atoms with Crippen molar-refractivity contribution in [2.45, 2.75) is 56.9 Å². The van der Waals surface area contributed by atoms with E-state index in [4.69, 9.17) is 0 Å². The second-order valence-electron chi connectivity index (χ2n) is 5.46. The van der Waals surface area contributed by atoms with Crippen LogP contribution in [0.3, 0.4) is 0 Å². The van der Waals surface area contributed by atoms with Gasteiger partial charge in [0.15, 0.2) is 0 Å². The first-order valence-electron chi connectivity index (χ1n) is 7.01. The maximum absolute atomic E-state index is 11.4. The highest BCUT2D eigenvalue weighted by Gasteiger charge is 2.25. The van der Waals surface area contributed by atoms with Crippen LogP contribution in [0.4, 0.5) is 0 Å². The molecule has 0 aliphatic heterocycles. The van der Waals surface area contributed by atoms with Crippen LogP contribution in [0.25, 0.3) is 0 Å². The average Bonchev–Trinajstić information content (AvgIpc) is 2.33. The molecule has 0 atom stereocenters. The van der Waals surface area contributed by atoms with E-state index in [0.29, 0.717) is 10.8 Å². The molecule has 1 N–H and O–H groups in total. The smallest absolute Gasteiger partial charge is 0.229 e. The predicted octanol–water partition coefficient (Wildman–Crippen LogP) is 2.12. The summed E-state index contributed by atoms with van der Waals surface area (Å²) in [7, 11) is 1.33. The summed E-state index contributed by atoms with van der Waals surface area (Å²) in [4.78, 5) is 11.4. The summed E-state index contributed by atoms with van der Waals surface area (Å²) in [6.45, 7) is 2.97. The molecule has 0 saturated heterocycles. The lowest BCUT2D eigenvalue weighted by Gasteiger charge is -2.33. The summed E-state index contributed by atoms with van der Waals surface area (Å²) in [6.07, 6.45) is 9.70. The van der Waals surface area contributed by atoms with Gasteiger partial charge in [-0.3, -0.25) is 4.79 Å². The maximum atomic E-state index is 11.4. The van der Waals surface area contributed by atoms with Gasteiger partial charge in [0.05, 0.1) is 5.75 Å². The standard InChI is InChI=1S/C13H27NOSSi/c1-2-16-11-12(15)14-10-6-9-13(17)7-4-3-5-8-13/h2-11H2,1,17H3,(H,14,15). The Morgan fingerprint density at radius 2 is 2.06 bits per heavy atom. The van der Waals surface area contributed by atoms with Crippen LogP contribution in [0, 0.1) is 0 Å². The highest BCUT2D eigenvalue weighted by atomic mass is 32.2. The molecule has 4 heteroatoms. The zero-order chi connectivity index (χ0) is 12.6. The van der Waals surface area contributed by atoms with Gasteiger partial charge < -0.3 is 5.32 Å². The molecule has 0 aromatic rings. The molecular weight excluding hydrogens is 246 g/mol. The highest BCUT2D eigenvalue weighted by Crippen LogP contribution is 2.43. The van der Waals surface area contributed by atoms with Gasteiger partial charge in [-0.15, -0.1) is 0 Å². The quantitative estimate of drug-likeness (QED) is 0.569. The minimum absolute atomic E-state index is 0.211. The van der Waals surface area contributed by atoms with Crippen LogP contribution >= 0.6 is 11.8 Å². The van der Waals surface area contributed by atoms with Crippen molar-refractivity contribution in [1.29, 1.82) is 0 Å². The Bertz CT molecular complexity index is 229. The van der Waals surface area contributed by atoms with Crippen molar-refractivity contribution in [3.63, 3.8) is 0 Å². The number of hydrogen-bond donors (Lipinski definition) is 1. The number of thioether (sulfide) groups is 1. The third-order valence-corrected chi connectivity index (χ3v) is 6.15. The van der Waals surface area contributed by atoms with Gasteiger partial charge in [-0.2, -0.15) is 11.8 Å². The predicted molar refractivity (Wildman–Crippen MR) is 81.0 cm³/mol. The molecule has 0 aromatic heterocycles. The molecule has 100 valence electrons. The van der Waals surface area contributed by atoms with Gasteiger partial charge >= 0.3 is 0 Å². The molecule has 0 heterocycles. The molecule has 1 amide bonds. The SMILES string of the molecule is CCSCC(=O)NCCCC1([SiH3])CCCCC1. The van der Waals surface area contributed by atoms with E-state index in [9.17, 15) is 4.79 Å². The van der Waals surface area contributed by atoms with E-state index >= 15 is 0 Å². The van der Waals surface area contributed by atoms with E-state index in [-0.39, 0.29) is 5.91 Å². The molecule has 0 unspecified atom stereocenters. The Hall–Kier alpha value is 0.0369. The van der Waals surface area contributed by atoms with E-state index in [1.807, 2.05) is 0 Å². The average molecular weight is 274 g/mol. The number of carbonyl (C=O) groups excluding carboxylic acids is 1. The Labute approximate surface area is 113 Å². The van der Waals surface area contributed by atoms with Gasteiger partial charge in [0, 0.05) is 16.8 Å². The van der Waals surface area contributed by atoms with E-state index in [2.05, 4.69) is 12.2 Å². The maximum Gasteiger partial charge on any atom is 0.229 e. The van der Waals surface area contributed by atoms with Crippen molar-refractivity contribution < 1.29 is 4.79 Å². The van der Waals surface area contributed by atoms with Crippen LogP contribution in [0.2, 0.25) is 5.04 Å². The third kappa shape index (κ3) is 6.51. The van der Waals surface area contributed by atoms with Gasteiger partial charge in [-0.05, 0) is 23.6 Å². The Morgan fingerprint density at radius 1 is 1.35 bits per heavy atom. The van der Waals surface area contributed by atoms with Crippen LogP contribution in [0.1, 0.15) is 51.9 Å². The van der Waals surface area contributed by atoms with Gasteiger partial charge in [-0.25, -0.2) is 0 Å². The molecule has 1 fully saturated rings. The molecule has 17 heavy (non-hydrogen) atoms. The molecule has 1 aliphatic rings. The molecule has 0 aromatic carbocycles. The number of amides is 1. The number of carbonyl (C=O) groups is 1. The molecule has 2 nitrogen and oxygen atoms in total. The van der Waals surface area contributed by atoms with E-state index < -0.39 is 0 Å². The number of rotatable bonds is 7. The summed E-state index contributed by atoms with van der Waals surface area (Å²) in [5, 5.41) is 3.73. The van der Waals surface area contributed by atoms with E-state index in [1.165, 1.54) is 55.2 Å². The molecule has 0 bridgehead atoms. The summed E-state index contributed by atoms with van der Waals surface area (Å²) in [5.74, 6) is 1.86. The van der Waals surface area contributed by atoms with Gasteiger partial charge in [0.25, 0.3) is 0 Å². The molecule has 0 spiro atoms. The molecule has 1 rings (SSSR count). The fraction of sp³-hybridized carbons (Fsp3) is 0.923. The van der Waals surface area contributed by atoms with Crippen LogP contribution in [0.5, 0.6) is 0 Å². The number of nitrogens with one attached hydrogen (secondary N) is 1. The highest BCUT2D eigenvalue weighted by molar-refractivity contribution is 7.99. The lowest BCUT2D eigenvalue weighted by atomic mass is 9.85. The normalized spacial score (nSPS) is 19.1. The molecule has 1 saturated carbocycles. The molecule has 0 radical (unpaired) electrons. The first-order valence-corrected chi connectivity index (χ1v) is 9.16. The second-order valence-corrected chi connectivity index (χ2v) is 8.86. The lowest BCUT2D eigenvalue weighted by molar-refractivity contribution is -0.118. The van der Waals surface area contributed by atoms with Crippen molar-refractivity contribution >= 4 is 27.9 Å². The monoisotopic (exact) mass is 273 g/mol. The second kappa shape index (κ2) is 8.19. The summed E-state index contributed by atoms with van der Waals surface area (Å²) >= 11 is 1.70. The fourth-order valence-electron chi connectivity index (χ4n) is 2.64. The number of hydrogen-bond acceptors (Lipinski definition) is 2. The Kier molecular flexibility index (Phi) is 7.28. The zero-order valence-electron chi connectivity index (χ0n) is 11.4. The summed E-state index contributed by atoms with van der Waals surface area (Å²) in [6, 6.07) is 0. The van der Waals surface area contributed by atoms with Crippen molar-refractivity contribution in [1.82, 2.24) is 5.32 Å².